The van der Waals surface area contributed by atoms with E-state index in [1.54, 1.807) is 0 Å². The van der Waals surface area contributed by atoms with Crippen LogP contribution in [-0.4, -0.2) is 11.1 Å². The largest absolute Gasteiger partial charge is 0.357 e. The number of alkyl halides is 1. The number of epoxide rings is 1. The van der Waals surface area contributed by atoms with E-state index in [-0.39, 0.29) is 0 Å². The van der Waals surface area contributed by atoms with Gasteiger partial charge in [0.25, 0.3) is 0 Å². The van der Waals surface area contributed by atoms with Gasteiger partial charge < -0.3 is 4.74 Å². The molecule has 1 saturated heterocycles. The minimum atomic E-state index is 0.383. The van der Waals surface area contributed by atoms with Gasteiger partial charge in [0, 0.05) is 0 Å². The Morgan fingerprint density at radius 3 is 2.62 bits per heavy atom. The van der Waals surface area contributed by atoms with E-state index in [4.69, 9.17) is 4.74 Å². The van der Waals surface area contributed by atoms with Gasteiger partial charge in [0.2, 0.25) is 0 Å². The van der Waals surface area contributed by atoms with Crippen molar-refractivity contribution in [1.82, 2.24) is 0 Å². The summed E-state index contributed by atoms with van der Waals surface area (Å²) in [5.74, 6) is 0. The lowest BCUT2D eigenvalue weighted by molar-refractivity contribution is 0.386. The van der Waals surface area contributed by atoms with Crippen molar-refractivity contribution in [3.05, 3.63) is 0 Å². The first-order chi connectivity index (χ1) is 3.84. The monoisotopic (exact) mass is 178 g/mol. The van der Waals surface area contributed by atoms with Crippen LogP contribution in [-0.2, 0) is 4.74 Å². The zero-order valence-corrected chi connectivity index (χ0v) is 6.65. The first-order valence-electron chi connectivity index (χ1n) is 3.14. The van der Waals surface area contributed by atoms with E-state index in [0.29, 0.717) is 11.1 Å². The molecule has 1 fully saturated rings. The third-order valence-electron chi connectivity index (χ3n) is 1.36. The van der Waals surface area contributed by atoms with Crippen LogP contribution in [0.3, 0.4) is 0 Å². The molecule has 0 bridgehead atoms. The molecule has 0 aromatic rings. The summed E-state index contributed by atoms with van der Waals surface area (Å²) in [6.45, 7) is 2.20. The van der Waals surface area contributed by atoms with E-state index in [1.165, 1.54) is 19.3 Å². The van der Waals surface area contributed by atoms with E-state index in [2.05, 4.69) is 22.9 Å². The fourth-order valence-electron chi connectivity index (χ4n) is 0.726. The molecule has 1 nitrogen and oxygen atoms in total. The van der Waals surface area contributed by atoms with E-state index in [0.717, 1.165) is 0 Å². The van der Waals surface area contributed by atoms with E-state index in [1.807, 2.05) is 0 Å². The predicted octanol–water partition coefficient (Wildman–Crippen LogP) is 2.30. The van der Waals surface area contributed by atoms with Gasteiger partial charge in [-0.1, -0.05) is 35.7 Å². The third kappa shape index (κ3) is 1.75. The Morgan fingerprint density at radius 1 is 1.62 bits per heavy atom. The van der Waals surface area contributed by atoms with Crippen molar-refractivity contribution in [2.45, 2.75) is 37.3 Å². The summed E-state index contributed by atoms with van der Waals surface area (Å²) in [7, 11) is 0. The fourth-order valence-corrected chi connectivity index (χ4v) is 1.27. The molecule has 0 amide bonds. The molecule has 1 aliphatic rings. The summed E-state index contributed by atoms with van der Waals surface area (Å²) in [6, 6.07) is 0. The Balaban J connectivity index is 1.89. The van der Waals surface area contributed by atoms with Crippen molar-refractivity contribution in [3.63, 3.8) is 0 Å². The molecule has 0 N–H and O–H groups in total. The Labute approximate surface area is 58.5 Å². The second-order valence-corrected chi connectivity index (χ2v) is 3.07. The number of rotatable bonds is 3. The number of unbranched alkanes of at least 4 members (excludes halogenated alkanes) is 1. The van der Waals surface area contributed by atoms with Crippen molar-refractivity contribution < 1.29 is 4.74 Å². The van der Waals surface area contributed by atoms with Gasteiger partial charge in [-0.3, -0.25) is 0 Å². The van der Waals surface area contributed by atoms with Crippen molar-refractivity contribution in [2.75, 3.05) is 0 Å². The molecule has 0 radical (unpaired) electrons. The third-order valence-corrected chi connectivity index (χ3v) is 2.17. The average Bonchev–Trinajstić information content (AvgIpc) is 2.42. The Morgan fingerprint density at radius 2 is 2.25 bits per heavy atom. The first kappa shape index (κ1) is 6.56. The topological polar surface area (TPSA) is 12.5 Å². The summed E-state index contributed by atoms with van der Waals surface area (Å²) in [5.41, 5.74) is 0. The van der Waals surface area contributed by atoms with E-state index in [9.17, 15) is 0 Å². The molecule has 0 aromatic heterocycles. The highest BCUT2D eigenvalue weighted by Crippen LogP contribution is 2.31. The van der Waals surface area contributed by atoms with Crippen LogP contribution in [0, 0.1) is 0 Å². The zero-order chi connectivity index (χ0) is 5.98. The van der Waals surface area contributed by atoms with Crippen LogP contribution in [0.4, 0.5) is 0 Å². The van der Waals surface area contributed by atoms with Gasteiger partial charge in [-0.2, -0.15) is 0 Å². The molecule has 0 saturated carbocycles. The summed E-state index contributed by atoms with van der Waals surface area (Å²) >= 11 is 3.36. The highest BCUT2D eigenvalue weighted by Gasteiger charge is 2.34. The first-order valence-corrected chi connectivity index (χ1v) is 4.05. The minimum Gasteiger partial charge on any atom is -0.357 e. The Kier molecular flexibility index (Phi) is 2.32. The lowest BCUT2D eigenvalue weighted by Gasteiger charge is -1.87. The molecule has 2 atom stereocenters. The zero-order valence-electron chi connectivity index (χ0n) is 5.06. The van der Waals surface area contributed by atoms with Crippen molar-refractivity contribution in [2.24, 2.45) is 0 Å². The molecule has 0 aliphatic carbocycles. The molecule has 1 aliphatic heterocycles. The molecule has 0 spiro atoms. The van der Waals surface area contributed by atoms with Gasteiger partial charge in [-0.15, -0.1) is 0 Å². The maximum absolute atomic E-state index is 5.14. The number of hydrogen-bond donors (Lipinski definition) is 0. The van der Waals surface area contributed by atoms with Crippen LogP contribution >= 0.6 is 15.9 Å². The summed E-state index contributed by atoms with van der Waals surface area (Å²) in [6.07, 6.45) is 4.34. The molecule has 1 heterocycles. The minimum absolute atomic E-state index is 0.383. The lowest BCUT2D eigenvalue weighted by Crippen LogP contribution is -1.85. The second kappa shape index (κ2) is 2.83. The number of ether oxygens (including phenoxy) is 1. The van der Waals surface area contributed by atoms with Crippen molar-refractivity contribution >= 4 is 15.9 Å². The van der Waals surface area contributed by atoms with Gasteiger partial charge in [0.15, 0.2) is 0 Å². The van der Waals surface area contributed by atoms with Crippen molar-refractivity contribution in [3.8, 4) is 0 Å². The number of hydrogen-bond acceptors (Lipinski definition) is 1. The van der Waals surface area contributed by atoms with Crippen LogP contribution in [0.1, 0.15) is 26.2 Å². The summed E-state index contributed by atoms with van der Waals surface area (Å²) in [4.78, 5) is 0. The molecule has 2 unspecified atom stereocenters. The van der Waals surface area contributed by atoms with Crippen molar-refractivity contribution in [1.29, 1.82) is 0 Å². The standard InChI is InChI=1S/C6H11BrO/c1-2-3-4-5-6(7)8-5/h5-6H,2-4H2,1H3. The Bertz CT molecular complexity index is 74.9. The van der Waals surface area contributed by atoms with Gasteiger partial charge >= 0.3 is 0 Å². The summed E-state index contributed by atoms with van der Waals surface area (Å²) in [5, 5.41) is 0.383. The van der Waals surface area contributed by atoms with E-state index >= 15 is 0 Å². The highest BCUT2D eigenvalue weighted by molar-refractivity contribution is 9.09. The van der Waals surface area contributed by atoms with Gasteiger partial charge in [-0.25, -0.2) is 0 Å². The Hall–Kier alpha value is 0.440. The van der Waals surface area contributed by atoms with Gasteiger partial charge in [-0.05, 0) is 6.42 Å². The van der Waals surface area contributed by atoms with Crippen LogP contribution in [0.5, 0.6) is 0 Å². The second-order valence-electron chi connectivity index (χ2n) is 2.17. The average molecular weight is 179 g/mol. The maximum Gasteiger partial charge on any atom is 0.139 e. The van der Waals surface area contributed by atoms with Crippen LogP contribution in [0.25, 0.3) is 0 Å². The molecule has 2 heteroatoms. The predicted molar refractivity (Wildman–Crippen MR) is 37.1 cm³/mol. The fraction of sp³-hybridized carbons (Fsp3) is 1.00. The molecular weight excluding hydrogens is 168 g/mol. The SMILES string of the molecule is CCCCC1OC1Br. The summed E-state index contributed by atoms with van der Waals surface area (Å²) < 4.78 is 5.14. The molecular formula is C6H11BrO. The number of halogens is 1. The van der Waals surface area contributed by atoms with Gasteiger partial charge in [0.1, 0.15) is 5.01 Å². The van der Waals surface area contributed by atoms with Crippen LogP contribution < -0.4 is 0 Å². The molecule has 8 heavy (non-hydrogen) atoms. The quantitative estimate of drug-likeness (QED) is 0.478. The maximum atomic E-state index is 5.14. The molecule has 48 valence electrons. The van der Waals surface area contributed by atoms with Gasteiger partial charge in [0.05, 0.1) is 6.10 Å². The smallest absolute Gasteiger partial charge is 0.139 e. The molecule has 0 aromatic carbocycles. The lowest BCUT2D eigenvalue weighted by atomic mass is 10.2. The van der Waals surface area contributed by atoms with E-state index < -0.39 is 0 Å². The molecule has 1 rings (SSSR count). The highest BCUT2D eigenvalue weighted by atomic mass is 79.9. The van der Waals surface area contributed by atoms with Crippen LogP contribution in [0.15, 0.2) is 0 Å². The normalized spacial score (nSPS) is 35.2. The van der Waals surface area contributed by atoms with Crippen LogP contribution in [0.2, 0.25) is 0 Å².